The lowest BCUT2D eigenvalue weighted by atomic mass is 11.0. The third-order valence-electron chi connectivity index (χ3n) is 0.343. The van der Waals surface area contributed by atoms with Crippen LogP contribution in [-0.4, -0.2) is 30.9 Å². The van der Waals surface area contributed by atoms with E-state index in [0.717, 1.165) is 0 Å². The van der Waals surface area contributed by atoms with E-state index in [9.17, 15) is 0 Å². The summed E-state index contributed by atoms with van der Waals surface area (Å²) >= 11 is 0. The summed E-state index contributed by atoms with van der Waals surface area (Å²) in [5.74, 6) is 0. The first-order chi connectivity index (χ1) is 4.73. The molecule has 8 heteroatoms. The highest BCUT2D eigenvalue weighted by atomic mass is 16.9. The maximum Gasteiger partial charge on any atom is 0.291 e. The number of hydrogen-bond donors (Lipinski definition) is 1. The summed E-state index contributed by atoms with van der Waals surface area (Å²) < 4.78 is 0. The Morgan fingerprint density at radius 1 is 1.30 bits per heavy atom. The van der Waals surface area contributed by atoms with Crippen LogP contribution in [0.4, 0.5) is 0 Å². The topological polar surface area (TPSA) is 115 Å². The van der Waals surface area contributed by atoms with Gasteiger partial charge in [0.15, 0.2) is 0 Å². The first-order valence-electron chi connectivity index (χ1n) is 2.01. The van der Waals surface area contributed by atoms with E-state index in [1.165, 1.54) is 12.4 Å². The molecule has 0 unspecified atom stereocenters. The van der Waals surface area contributed by atoms with E-state index >= 15 is 0 Å². The normalized spacial score (nSPS) is 7.20. The van der Waals surface area contributed by atoms with Gasteiger partial charge >= 0.3 is 0 Å². The Bertz CT molecular complexity index is 147. The maximum absolute atomic E-state index is 8.36. The smallest absolute Gasteiger partial charge is 0.291 e. The number of nitrogens with zero attached hydrogens (tertiary/aromatic N) is 5. The Morgan fingerprint density at radius 3 is 1.70 bits per heavy atom. The second-order valence-corrected chi connectivity index (χ2v) is 0.946. The Labute approximate surface area is 54.6 Å². The van der Waals surface area contributed by atoms with Crippen molar-refractivity contribution < 1.29 is 10.3 Å². The van der Waals surface area contributed by atoms with Crippen molar-refractivity contribution in [2.45, 2.75) is 0 Å². The summed E-state index contributed by atoms with van der Waals surface area (Å²) in [5, 5.41) is 26.7. The molecule has 0 amide bonds. The summed E-state index contributed by atoms with van der Waals surface area (Å²) in [7, 11) is 0. The molecule has 1 N–H and O–H groups in total. The minimum atomic E-state index is -1.50. The zero-order valence-corrected chi connectivity index (χ0v) is 4.65. The van der Waals surface area contributed by atoms with E-state index in [2.05, 4.69) is 20.6 Å². The molecule has 0 aliphatic rings. The first kappa shape index (κ1) is 8.14. The molecule has 8 nitrogen and oxygen atoms in total. The summed E-state index contributed by atoms with van der Waals surface area (Å²) in [6.07, 6.45) is 2.93. The van der Waals surface area contributed by atoms with Gasteiger partial charge < -0.3 is 5.21 Å². The van der Waals surface area contributed by atoms with Crippen molar-refractivity contribution in [1.82, 2.24) is 20.6 Å². The van der Waals surface area contributed by atoms with Gasteiger partial charge in [-0.1, -0.05) is 0 Å². The average Bonchev–Trinajstić information content (AvgIpc) is 1.90. The molecule has 0 aromatic carbocycles. The lowest BCUT2D eigenvalue weighted by Crippen LogP contribution is -1.84. The summed E-state index contributed by atoms with van der Waals surface area (Å²) in [5.41, 5.74) is 0. The fraction of sp³-hybridized carbons (Fsp3) is 0. The van der Waals surface area contributed by atoms with Crippen LogP contribution in [-0.2, 0) is 0 Å². The van der Waals surface area contributed by atoms with Gasteiger partial charge in [-0.15, -0.1) is 20.3 Å². The lowest BCUT2D eigenvalue weighted by molar-refractivity contribution is -0.742. The van der Waals surface area contributed by atoms with Crippen molar-refractivity contribution in [3.63, 3.8) is 0 Å². The highest BCUT2D eigenvalue weighted by Crippen LogP contribution is 1.53. The predicted molar refractivity (Wildman–Crippen MR) is 26.4 cm³/mol. The zero-order chi connectivity index (χ0) is 7.82. The fourth-order valence-electron chi connectivity index (χ4n) is 0.165. The van der Waals surface area contributed by atoms with Crippen LogP contribution in [0.3, 0.4) is 0 Å². The molecule has 0 aliphatic heterocycles. The van der Waals surface area contributed by atoms with Gasteiger partial charge in [-0.25, -0.2) is 0 Å². The highest BCUT2D eigenvalue weighted by molar-refractivity contribution is 4.52. The number of hydrogen-bond acceptors (Lipinski definition) is 6. The molecule has 0 spiro atoms. The molecule has 1 aromatic rings. The van der Waals surface area contributed by atoms with Crippen molar-refractivity contribution in [1.29, 1.82) is 0 Å². The van der Waals surface area contributed by atoms with Gasteiger partial charge in [0, 0.05) is 0 Å². The van der Waals surface area contributed by atoms with E-state index in [-0.39, 0.29) is 0 Å². The van der Waals surface area contributed by atoms with Crippen molar-refractivity contribution >= 4 is 0 Å². The second-order valence-electron chi connectivity index (χ2n) is 0.946. The summed E-state index contributed by atoms with van der Waals surface area (Å²) in [6.45, 7) is 0. The average molecular weight is 145 g/mol. The SMILES string of the molecule is O=[N+]([O-])O.c1cnnnn1. The molecule has 0 bridgehead atoms. The predicted octanol–water partition coefficient (Wildman–Crippen LogP) is -1.08. The fourth-order valence-corrected chi connectivity index (χ4v) is 0.165. The molecule has 0 fully saturated rings. The largest absolute Gasteiger partial charge is 0.328 e. The molecule has 0 aliphatic carbocycles. The summed E-state index contributed by atoms with van der Waals surface area (Å²) in [6, 6.07) is 0. The maximum atomic E-state index is 8.36. The van der Waals surface area contributed by atoms with Gasteiger partial charge in [0.1, 0.15) is 0 Å². The van der Waals surface area contributed by atoms with Gasteiger partial charge in [-0.2, -0.15) is 0 Å². The third-order valence-corrected chi connectivity index (χ3v) is 0.343. The van der Waals surface area contributed by atoms with Gasteiger partial charge in [-0.3, -0.25) is 0 Å². The van der Waals surface area contributed by atoms with Crippen molar-refractivity contribution in [3.8, 4) is 0 Å². The van der Waals surface area contributed by atoms with Crippen LogP contribution in [0.25, 0.3) is 0 Å². The van der Waals surface area contributed by atoms with Crippen LogP contribution in [0.15, 0.2) is 12.4 Å². The second kappa shape index (κ2) is 5.28. The van der Waals surface area contributed by atoms with E-state index in [0.29, 0.717) is 0 Å². The molecule has 1 rings (SSSR count). The molecule has 1 aromatic heterocycles. The van der Waals surface area contributed by atoms with E-state index in [1.807, 2.05) is 0 Å². The molecule has 0 radical (unpaired) electrons. The number of rotatable bonds is 0. The minimum Gasteiger partial charge on any atom is -0.328 e. The molecule has 0 saturated heterocycles. The molecular formula is C2H3N5O3. The monoisotopic (exact) mass is 145 g/mol. The van der Waals surface area contributed by atoms with Gasteiger partial charge in [0.05, 0.1) is 12.4 Å². The molecule has 1 heterocycles. The standard InChI is InChI=1S/C2H2N4.HNO3/c1-2-4-6-5-3-1;2-1(3)4/h1-2H;(H,2,3,4). The van der Waals surface area contributed by atoms with Crippen LogP contribution in [0.1, 0.15) is 0 Å². The van der Waals surface area contributed by atoms with E-state index < -0.39 is 5.09 Å². The van der Waals surface area contributed by atoms with Crippen LogP contribution >= 0.6 is 0 Å². The van der Waals surface area contributed by atoms with Crippen LogP contribution in [0, 0.1) is 10.1 Å². The molecule has 10 heavy (non-hydrogen) atoms. The Morgan fingerprint density at radius 2 is 1.60 bits per heavy atom. The molecular weight excluding hydrogens is 142 g/mol. The van der Waals surface area contributed by atoms with Gasteiger partial charge in [0.2, 0.25) is 0 Å². The van der Waals surface area contributed by atoms with Crippen LogP contribution < -0.4 is 0 Å². The zero-order valence-electron chi connectivity index (χ0n) is 4.65. The van der Waals surface area contributed by atoms with Crippen molar-refractivity contribution in [2.24, 2.45) is 0 Å². The highest BCUT2D eigenvalue weighted by Gasteiger charge is 1.65. The lowest BCUT2D eigenvalue weighted by Gasteiger charge is -1.67. The van der Waals surface area contributed by atoms with Crippen LogP contribution in [0.2, 0.25) is 0 Å². The third kappa shape index (κ3) is 9.46. The van der Waals surface area contributed by atoms with Crippen molar-refractivity contribution in [3.05, 3.63) is 22.5 Å². The Kier molecular flexibility index (Phi) is 4.30. The van der Waals surface area contributed by atoms with Gasteiger partial charge in [-0.05, 0) is 10.4 Å². The Hall–Kier alpha value is -1.86. The molecule has 54 valence electrons. The minimum absolute atomic E-state index is 1.47. The quantitative estimate of drug-likeness (QED) is 0.364. The van der Waals surface area contributed by atoms with Gasteiger partial charge in [0.25, 0.3) is 5.09 Å². The van der Waals surface area contributed by atoms with Crippen molar-refractivity contribution in [2.75, 3.05) is 0 Å². The van der Waals surface area contributed by atoms with E-state index in [4.69, 9.17) is 15.3 Å². The Balaban J connectivity index is 0.000000180. The van der Waals surface area contributed by atoms with Crippen LogP contribution in [0.5, 0.6) is 0 Å². The molecule has 0 saturated carbocycles. The first-order valence-corrected chi connectivity index (χ1v) is 2.01. The number of aromatic nitrogens is 4. The van der Waals surface area contributed by atoms with E-state index in [1.54, 1.807) is 0 Å². The molecule has 0 atom stereocenters. The summed E-state index contributed by atoms with van der Waals surface area (Å²) in [4.78, 5) is 8.36.